The van der Waals surface area contributed by atoms with E-state index in [4.69, 9.17) is 14.2 Å². The lowest BCUT2D eigenvalue weighted by Gasteiger charge is -2.21. The summed E-state index contributed by atoms with van der Waals surface area (Å²) >= 11 is 0. The molecule has 1 aliphatic rings. The summed E-state index contributed by atoms with van der Waals surface area (Å²) in [6.07, 6.45) is -0.547. The van der Waals surface area contributed by atoms with Crippen LogP contribution in [0.3, 0.4) is 0 Å². The van der Waals surface area contributed by atoms with Crippen LogP contribution >= 0.6 is 0 Å². The first kappa shape index (κ1) is 10.1. The highest BCUT2D eigenvalue weighted by Crippen LogP contribution is 2.41. The Labute approximate surface area is 88.4 Å². The molecule has 2 rings (SSSR count). The fourth-order valence-corrected chi connectivity index (χ4v) is 1.53. The zero-order valence-corrected chi connectivity index (χ0v) is 8.82. The van der Waals surface area contributed by atoms with E-state index in [1.165, 1.54) is 0 Å². The van der Waals surface area contributed by atoms with Crippen LogP contribution in [0.5, 0.6) is 17.2 Å². The van der Waals surface area contributed by atoms with Crippen molar-refractivity contribution in [3.63, 3.8) is 0 Å². The van der Waals surface area contributed by atoms with Gasteiger partial charge in [-0.15, -0.1) is 0 Å². The fourth-order valence-electron chi connectivity index (χ4n) is 1.53. The van der Waals surface area contributed by atoms with Crippen LogP contribution < -0.4 is 14.2 Å². The maximum Gasteiger partial charge on any atom is 0.203 e. The van der Waals surface area contributed by atoms with Crippen molar-refractivity contribution in [1.29, 1.82) is 0 Å². The van der Waals surface area contributed by atoms with Gasteiger partial charge in [0.05, 0.1) is 13.2 Å². The lowest BCUT2D eigenvalue weighted by molar-refractivity contribution is 0.161. The van der Waals surface area contributed by atoms with Gasteiger partial charge in [0.1, 0.15) is 13.2 Å². The molecule has 1 aliphatic heterocycles. The molecule has 1 heterocycles. The Morgan fingerprint density at radius 1 is 1.33 bits per heavy atom. The summed E-state index contributed by atoms with van der Waals surface area (Å²) < 4.78 is 16.1. The van der Waals surface area contributed by atoms with E-state index in [2.05, 4.69) is 0 Å². The zero-order valence-electron chi connectivity index (χ0n) is 8.82. The third-order valence-electron chi connectivity index (χ3n) is 2.33. The summed E-state index contributed by atoms with van der Waals surface area (Å²) in [7, 11) is 1.57. The molecule has 0 aromatic heterocycles. The molecule has 0 bridgehead atoms. The molecule has 0 aliphatic carbocycles. The van der Waals surface area contributed by atoms with Crippen LogP contribution in [0.2, 0.25) is 0 Å². The number of ether oxygens (including phenoxy) is 3. The van der Waals surface area contributed by atoms with E-state index in [0.29, 0.717) is 30.5 Å². The van der Waals surface area contributed by atoms with Crippen LogP contribution in [-0.4, -0.2) is 25.4 Å². The van der Waals surface area contributed by atoms with Crippen LogP contribution in [0.25, 0.3) is 0 Å². The number of methoxy groups -OCH3 is 1. The Balaban J connectivity index is 2.48. The summed E-state index contributed by atoms with van der Waals surface area (Å²) in [5, 5.41) is 9.49. The van der Waals surface area contributed by atoms with Gasteiger partial charge in [0.15, 0.2) is 11.5 Å². The van der Waals surface area contributed by atoms with Crippen LogP contribution in [0, 0.1) is 0 Å². The monoisotopic (exact) mass is 210 g/mol. The number of hydrogen-bond donors (Lipinski definition) is 1. The summed E-state index contributed by atoms with van der Waals surface area (Å²) in [6, 6.07) is 3.54. The van der Waals surface area contributed by atoms with E-state index in [1.807, 2.05) is 0 Å². The summed E-state index contributed by atoms with van der Waals surface area (Å²) in [5.41, 5.74) is 0.760. The highest BCUT2D eigenvalue weighted by atomic mass is 16.6. The second-order valence-electron chi connectivity index (χ2n) is 3.42. The largest absolute Gasteiger partial charge is 0.493 e. The molecule has 1 aromatic rings. The van der Waals surface area contributed by atoms with Crippen LogP contribution in [0.4, 0.5) is 0 Å². The predicted octanol–water partition coefficient (Wildman–Crippen LogP) is 1.52. The second-order valence-corrected chi connectivity index (χ2v) is 3.42. The van der Waals surface area contributed by atoms with Gasteiger partial charge in [0, 0.05) is 0 Å². The molecular weight excluding hydrogens is 196 g/mol. The predicted molar refractivity (Wildman–Crippen MR) is 54.6 cm³/mol. The molecule has 0 fully saturated rings. The van der Waals surface area contributed by atoms with Gasteiger partial charge in [-0.2, -0.15) is 0 Å². The smallest absolute Gasteiger partial charge is 0.203 e. The van der Waals surface area contributed by atoms with Crippen molar-refractivity contribution in [3.05, 3.63) is 17.7 Å². The van der Waals surface area contributed by atoms with Crippen LogP contribution in [0.15, 0.2) is 12.1 Å². The van der Waals surface area contributed by atoms with Gasteiger partial charge in [-0.25, -0.2) is 0 Å². The first-order valence-electron chi connectivity index (χ1n) is 4.88. The SMILES string of the molecule is COc1cc([C@H](C)O)cc2c1OCCO2. The van der Waals surface area contributed by atoms with Crippen molar-refractivity contribution < 1.29 is 19.3 Å². The highest BCUT2D eigenvalue weighted by molar-refractivity contribution is 5.54. The maximum absolute atomic E-state index is 9.49. The van der Waals surface area contributed by atoms with Crippen molar-refractivity contribution in [3.8, 4) is 17.2 Å². The molecular formula is C11H14O4. The summed E-state index contributed by atoms with van der Waals surface area (Å²) in [5.74, 6) is 1.85. The van der Waals surface area contributed by atoms with Crippen molar-refractivity contribution in [2.75, 3.05) is 20.3 Å². The van der Waals surface area contributed by atoms with E-state index in [0.717, 1.165) is 5.56 Å². The van der Waals surface area contributed by atoms with E-state index >= 15 is 0 Å². The summed E-state index contributed by atoms with van der Waals surface area (Å²) in [6.45, 7) is 2.75. The number of aliphatic hydroxyl groups is 1. The fraction of sp³-hybridized carbons (Fsp3) is 0.455. The quantitative estimate of drug-likeness (QED) is 0.804. The van der Waals surface area contributed by atoms with E-state index < -0.39 is 6.10 Å². The van der Waals surface area contributed by atoms with Crippen molar-refractivity contribution in [2.24, 2.45) is 0 Å². The first-order chi connectivity index (χ1) is 7.22. The van der Waals surface area contributed by atoms with Crippen molar-refractivity contribution in [1.82, 2.24) is 0 Å². The van der Waals surface area contributed by atoms with Crippen LogP contribution in [-0.2, 0) is 0 Å². The Bertz CT molecular complexity index is 343. The van der Waals surface area contributed by atoms with Crippen molar-refractivity contribution in [2.45, 2.75) is 13.0 Å². The van der Waals surface area contributed by atoms with E-state index in [-0.39, 0.29) is 0 Å². The minimum Gasteiger partial charge on any atom is -0.493 e. The summed E-state index contributed by atoms with van der Waals surface area (Å²) in [4.78, 5) is 0. The molecule has 1 atom stereocenters. The van der Waals surface area contributed by atoms with Crippen LogP contribution in [0.1, 0.15) is 18.6 Å². The minimum absolute atomic E-state index is 0.525. The van der Waals surface area contributed by atoms with Gasteiger partial charge in [-0.05, 0) is 24.6 Å². The Morgan fingerprint density at radius 3 is 2.73 bits per heavy atom. The van der Waals surface area contributed by atoms with Gasteiger partial charge in [-0.3, -0.25) is 0 Å². The first-order valence-corrected chi connectivity index (χ1v) is 4.88. The number of benzene rings is 1. The molecule has 0 amide bonds. The minimum atomic E-state index is -0.547. The highest BCUT2D eigenvalue weighted by Gasteiger charge is 2.19. The average molecular weight is 210 g/mol. The molecule has 4 nitrogen and oxygen atoms in total. The molecule has 15 heavy (non-hydrogen) atoms. The molecule has 0 radical (unpaired) electrons. The lowest BCUT2D eigenvalue weighted by atomic mass is 10.1. The zero-order chi connectivity index (χ0) is 10.8. The van der Waals surface area contributed by atoms with Gasteiger partial charge in [0.25, 0.3) is 0 Å². The lowest BCUT2D eigenvalue weighted by Crippen LogP contribution is -2.16. The molecule has 0 saturated heterocycles. The van der Waals surface area contributed by atoms with Gasteiger partial charge in [0.2, 0.25) is 5.75 Å². The topological polar surface area (TPSA) is 47.9 Å². The number of hydrogen-bond acceptors (Lipinski definition) is 4. The third-order valence-corrected chi connectivity index (χ3v) is 2.33. The Hall–Kier alpha value is -1.42. The normalized spacial score (nSPS) is 15.9. The van der Waals surface area contributed by atoms with Gasteiger partial charge < -0.3 is 19.3 Å². The molecule has 0 spiro atoms. The standard InChI is InChI=1S/C11H14O4/c1-7(12)8-5-9(13-2)11-10(6-8)14-3-4-15-11/h5-7,12H,3-4H2,1-2H3/t7-/m0/s1. The number of fused-ring (bicyclic) bond motifs is 1. The number of aliphatic hydroxyl groups excluding tert-OH is 1. The molecule has 82 valence electrons. The van der Waals surface area contributed by atoms with Gasteiger partial charge in [-0.1, -0.05) is 0 Å². The number of rotatable bonds is 2. The van der Waals surface area contributed by atoms with E-state index in [1.54, 1.807) is 26.2 Å². The second kappa shape index (κ2) is 3.98. The molecule has 1 aromatic carbocycles. The maximum atomic E-state index is 9.49. The molecule has 0 unspecified atom stereocenters. The Kier molecular flexibility index (Phi) is 2.68. The van der Waals surface area contributed by atoms with Crippen molar-refractivity contribution >= 4 is 0 Å². The Morgan fingerprint density at radius 2 is 2.07 bits per heavy atom. The molecule has 4 heteroatoms. The van der Waals surface area contributed by atoms with Gasteiger partial charge >= 0.3 is 0 Å². The molecule has 1 N–H and O–H groups in total. The third kappa shape index (κ3) is 1.85. The van der Waals surface area contributed by atoms with E-state index in [9.17, 15) is 5.11 Å². The average Bonchev–Trinajstić information content (AvgIpc) is 2.27. The molecule has 0 saturated carbocycles.